The van der Waals surface area contributed by atoms with E-state index >= 15 is 0 Å². The number of para-hydroxylation sites is 1. The largest absolute Gasteiger partial charge is 0.374 e. The molecule has 2 amide bonds. The molecule has 2 aromatic rings. The van der Waals surface area contributed by atoms with E-state index in [0.29, 0.717) is 12.2 Å². The molecule has 4 nitrogen and oxygen atoms in total. The van der Waals surface area contributed by atoms with Gasteiger partial charge in [-0.2, -0.15) is 0 Å². The van der Waals surface area contributed by atoms with Gasteiger partial charge in [0.1, 0.15) is 0 Å². The Kier molecular flexibility index (Phi) is 3.01. The normalized spacial score (nSPS) is 23.0. The summed E-state index contributed by atoms with van der Waals surface area (Å²) >= 11 is 0. The van der Waals surface area contributed by atoms with Crippen LogP contribution in [-0.2, 0) is 9.59 Å². The summed E-state index contributed by atoms with van der Waals surface area (Å²) in [6.45, 7) is 2.57. The molecule has 1 saturated heterocycles. The maximum absolute atomic E-state index is 13.0. The summed E-state index contributed by atoms with van der Waals surface area (Å²) in [5.41, 5.74) is 3.77. The zero-order chi connectivity index (χ0) is 16.1. The van der Waals surface area contributed by atoms with Crippen LogP contribution in [0, 0.1) is 12.8 Å². The Morgan fingerprint density at radius 3 is 2.39 bits per heavy atom. The van der Waals surface area contributed by atoms with Crippen molar-refractivity contribution in [2.45, 2.75) is 12.8 Å². The third-order valence-corrected chi connectivity index (χ3v) is 4.87. The molecule has 2 atom stereocenters. The minimum atomic E-state index is -0.365. The number of anilines is 2. The Hall–Kier alpha value is -2.62. The molecule has 0 N–H and O–H groups in total. The van der Waals surface area contributed by atoms with Gasteiger partial charge in [-0.25, -0.2) is 4.90 Å². The van der Waals surface area contributed by atoms with Gasteiger partial charge in [-0.1, -0.05) is 35.9 Å². The molecule has 2 aliphatic heterocycles. The fourth-order valence-corrected chi connectivity index (χ4v) is 3.70. The van der Waals surface area contributed by atoms with E-state index in [1.54, 1.807) is 0 Å². The van der Waals surface area contributed by atoms with Crippen LogP contribution in [0.5, 0.6) is 0 Å². The molecule has 2 aromatic carbocycles. The molecule has 0 aromatic heterocycles. The fraction of sp³-hybridized carbons (Fsp3) is 0.263. The first-order chi connectivity index (χ1) is 11.1. The smallest absolute Gasteiger partial charge is 0.242 e. The minimum absolute atomic E-state index is 0.0924. The highest BCUT2D eigenvalue weighted by molar-refractivity contribution is 6.24. The summed E-state index contributed by atoms with van der Waals surface area (Å²) in [5, 5.41) is 0. The van der Waals surface area contributed by atoms with Crippen molar-refractivity contribution in [1.29, 1.82) is 0 Å². The molecule has 0 bridgehead atoms. The monoisotopic (exact) mass is 306 g/mol. The predicted molar refractivity (Wildman–Crippen MR) is 89.6 cm³/mol. The van der Waals surface area contributed by atoms with Crippen molar-refractivity contribution in [3.63, 3.8) is 0 Å². The van der Waals surface area contributed by atoms with Crippen LogP contribution < -0.4 is 9.80 Å². The second-order valence-electron chi connectivity index (χ2n) is 6.37. The van der Waals surface area contributed by atoms with Gasteiger partial charge in [0.05, 0.1) is 17.5 Å². The molecule has 4 heteroatoms. The molecular formula is C19H18N2O2. The Morgan fingerprint density at radius 2 is 1.65 bits per heavy atom. The van der Waals surface area contributed by atoms with Gasteiger partial charge in [-0.15, -0.1) is 0 Å². The highest BCUT2D eigenvalue weighted by Gasteiger charge is 2.52. The molecule has 1 fully saturated rings. The summed E-state index contributed by atoms with van der Waals surface area (Å²) < 4.78 is 0. The van der Waals surface area contributed by atoms with Crippen LogP contribution in [0.2, 0.25) is 0 Å². The van der Waals surface area contributed by atoms with Gasteiger partial charge in [0.25, 0.3) is 0 Å². The van der Waals surface area contributed by atoms with Crippen LogP contribution in [0.4, 0.5) is 11.4 Å². The van der Waals surface area contributed by atoms with Crippen molar-refractivity contribution in [3.05, 3.63) is 59.7 Å². The number of rotatable bonds is 1. The van der Waals surface area contributed by atoms with Gasteiger partial charge in [0, 0.05) is 19.3 Å². The number of benzene rings is 2. The lowest BCUT2D eigenvalue weighted by Crippen LogP contribution is -2.37. The van der Waals surface area contributed by atoms with Crippen LogP contribution in [0.3, 0.4) is 0 Å². The molecule has 0 radical (unpaired) electrons. The number of fused-ring (bicyclic) bond motifs is 3. The lowest BCUT2D eigenvalue weighted by atomic mass is 9.83. The maximum Gasteiger partial charge on any atom is 0.242 e. The molecule has 23 heavy (non-hydrogen) atoms. The SMILES string of the molecule is Cc1ccc(N2C(=O)[C@@H]3CN(C)c4ccccc4[C@@H]3C2=O)cc1. The predicted octanol–water partition coefficient (Wildman–Crippen LogP) is 2.72. The minimum Gasteiger partial charge on any atom is -0.374 e. The number of hydrogen-bond donors (Lipinski definition) is 0. The zero-order valence-corrected chi connectivity index (χ0v) is 13.2. The topological polar surface area (TPSA) is 40.6 Å². The quantitative estimate of drug-likeness (QED) is 0.761. The second-order valence-corrected chi connectivity index (χ2v) is 6.37. The highest BCUT2D eigenvalue weighted by atomic mass is 16.2. The van der Waals surface area contributed by atoms with E-state index in [4.69, 9.17) is 0 Å². The fourth-order valence-electron chi connectivity index (χ4n) is 3.70. The Bertz CT molecular complexity index is 797. The molecule has 0 unspecified atom stereocenters. The average Bonchev–Trinajstić information content (AvgIpc) is 2.80. The van der Waals surface area contributed by atoms with E-state index < -0.39 is 0 Å². The van der Waals surface area contributed by atoms with E-state index in [0.717, 1.165) is 16.8 Å². The molecule has 2 heterocycles. The first-order valence-electron chi connectivity index (χ1n) is 7.82. The van der Waals surface area contributed by atoms with Crippen molar-refractivity contribution in [1.82, 2.24) is 0 Å². The van der Waals surface area contributed by atoms with Crippen LogP contribution in [-0.4, -0.2) is 25.4 Å². The number of amides is 2. The summed E-state index contributed by atoms with van der Waals surface area (Å²) in [5.74, 6) is -0.866. The van der Waals surface area contributed by atoms with Gasteiger partial charge >= 0.3 is 0 Å². The molecule has 116 valence electrons. The van der Waals surface area contributed by atoms with E-state index in [-0.39, 0.29) is 23.7 Å². The summed E-state index contributed by atoms with van der Waals surface area (Å²) in [4.78, 5) is 29.3. The number of carbonyl (C=O) groups is 2. The molecule has 0 aliphatic carbocycles. The van der Waals surface area contributed by atoms with Gasteiger partial charge in [-0.3, -0.25) is 9.59 Å². The number of aryl methyl sites for hydroxylation is 1. The lowest BCUT2D eigenvalue weighted by Gasteiger charge is -2.33. The lowest BCUT2D eigenvalue weighted by molar-refractivity contribution is -0.122. The second kappa shape index (κ2) is 4.95. The van der Waals surface area contributed by atoms with Crippen LogP contribution in [0.1, 0.15) is 17.0 Å². The number of hydrogen-bond acceptors (Lipinski definition) is 3. The molecule has 2 aliphatic rings. The van der Waals surface area contributed by atoms with Crippen LogP contribution in [0.15, 0.2) is 48.5 Å². The first-order valence-corrected chi connectivity index (χ1v) is 7.82. The van der Waals surface area contributed by atoms with Crippen molar-refractivity contribution in [3.8, 4) is 0 Å². The van der Waals surface area contributed by atoms with Crippen molar-refractivity contribution in [2.24, 2.45) is 5.92 Å². The van der Waals surface area contributed by atoms with Gasteiger partial charge < -0.3 is 4.90 Å². The first kappa shape index (κ1) is 14.0. The summed E-state index contributed by atoms with van der Waals surface area (Å²) in [6, 6.07) is 15.4. The Labute approximate surface area is 135 Å². The Balaban J connectivity index is 1.80. The third kappa shape index (κ3) is 1.98. The van der Waals surface area contributed by atoms with Gasteiger partial charge in [0.2, 0.25) is 11.8 Å². The van der Waals surface area contributed by atoms with Gasteiger partial charge in [-0.05, 0) is 30.7 Å². The van der Waals surface area contributed by atoms with Crippen LogP contribution >= 0.6 is 0 Å². The van der Waals surface area contributed by atoms with Crippen molar-refractivity contribution in [2.75, 3.05) is 23.4 Å². The van der Waals surface area contributed by atoms with E-state index in [9.17, 15) is 9.59 Å². The Morgan fingerprint density at radius 1 is 0.957 bits per heavy atom. The van der Waals surface area contributed by atoms with Crippen molar-refractivity contribution < 1.29 is 9.59 Å². The van der Waals surface area contributed by atoms with Gasteiger partial charge in [0.15, 0.2) is 0 Å². The summed E-state index contributed by atoms with van der Waals surface area (Å²) in [7, 11) is 1.97. The van der Waals surface area contributed by atoms with E-state index in [1.165, 1.54) is 4.90 Å². The van der Waals surface area contributed by atoms with E-state index in [1.807, 2.05) is 62.5 Å². The van der Waals surface area contributed by atoms with Crippen LogP contribution in [0.25, 0.3) is 0 Å². The maximum atomic E-state index is 13.0. The van der Waals surface area contributed by atoms with Crippen molar-refractivity contribution >= 4 is 23.2 Å². The molecular weight excluding hydrogens is 288 g/mol. The number of nitrogens with zero attached hydrogens (tertiary/aromatic N) is 2. The average molecular weight is 306 g/mol. The summed E-state index contributed by atoms with van der Waals surface area (Å²) in [6.07, 6.45) is 0. The standard InChI is InChI=1S/C19H18N2O2/c1-12-7-9-13(10-8-12)21-18(22)15-11-20(2)16-6-4-3-5-14(16)17(15)19(21)23/h3-10,15,17H,11H2,1-2H3/t15-,17+/m1/s1. The number of imide groups is 1. The highest BCUT2D eigenvalue weighted by Crippen LogP contribution is 2.44. The molecule has 4 rings (SSSR count). The zero-order valence-electron chi connectivity index (χ0n) is 13.2. The number of carbonyl (C=O) groups excluding carboxylic acids is 2. The molecule has 0 spiro atoms. The third-order valence-electron chi connectivity index (χ3n) is 4.87. The molecule has 0 saturated carbocycles. The van der Waals surface area contributed by atoms with E-state index in [2.05, 4.69) is 4.90 Å².